The highest BCUT2D eigenvalue weighted by Gasteiger charge is 2.16. The van der Waals surface area contributed by atoms with Gasteiger partial charge in [0, 0.05) is 5.39 Å². The van der Waals surface area contributed by atoms with Crippen molar-refractivity contribution in [1.29, 1.82) is 0 Å². The van der Waals surface area contributed by atoms with Gasteiger partial charge >= 0.3 is 0 Å². The molecule has 346 valence electrons. The number of nitrogens with zero attached hydrogens (tertiary/aromatic N) is 10. The molecule has 0 saturated heterocycles. The molecule has 0 spiro atoms. The second kappa shape index (κ2) is 20.4. The lowest BCUT2D eigenvalue weighted by Gasteiger charge is -2.10. The highest BCUT2D eigenvalue weighted by molar-refractivity contribution is 7.86. The van der Waals surface area contributed by atoms with Crippen molar-refractivity contribution in [3.63, 3.8) is 0 Å². The summed E-state index contributed by atoms with van der Waals surface area (Å²) in [7, 11) is -8.80. The van der Waals surface area contributed by atoms with Crippen molar-refractivity contribution in [2.45, 2.75) is 52.4 Å². The van der Waals surface area contributed by atoms with Crippen LogP contribution >= 0.6 is 0 Å². The summed E-state index contributed by atoms with van der Waals surface area (Å²) in [4.78, 5) is -0.412. The maximum Gasteiger partial charge on any atom is 0.296 e. The summed E-state index contributed by atoms with van der Waals surface area (Å²) < 4.78 is 65.7. The van der Waals surface area contributed by atoms with Crippen molar-refractivity contribution in [1.82, 2.24) is 0 Å². The van der Waals surface area contributed by atoms with Gasteiger partial charge in [-0.1, -0.05) is 18.2 Å². The number of phenolic OH excluding ortho intramolecular Hbond substituents is 2. The third-order valence-corrected chi connectivity index (χ3v) is 12.3. The van der Waals surface area contributed by atoms with Gasteiger partial charge < -0.3 is 10.2 Å². The van der Waals surface area contributed by atoms with Crippen molar-refractivity contribution in [3.8, 4) is 11.5 Å². The predicted octanol–water partition coefficient (Wildman–Crippen LogP) is 14.9. The molecule has 0 bridgehead atoms. The largest absolute Gasteiger partial charge is 0.508 e. The fourth-order valence-electron chi connectivity index (χ4n) is 6.83. The first-order valence-corrected chi connectivity index (χ1v) is 23.9. The molecule has 0 heterocycles. The molecule has 4 N–H and O–H groups in total. The molecular formula is C48H44N10O8S2. The van der Waals surface area contributed by atoms with E-state index in [1.165, 1.54) is 30.3 Å². The fraction of sp³-hybridized carbons (Fsp3) is 0.167. The molecule has 68 heavy (non-hydrogen) atoms. The summed E-state index contributed by atoms with van der Waals surface area (Å²) in [5.41, 5.74) is 8.75. The van der Waals surface area contributed by atoms with E-state index in [2.05, 4.69) is 51.1 Å². The summed E-state index contributed by atoms with van der Waals surface area (Å²) in [6.07, 6.45) is 0.239. The molecular weight excluding hydrogens is 909 g/mol. The highest BCUT2D eigenvalue weighted by atomic mass is 32.2. The summed E-state index contributed by atoms with van der Waals surface area (Å²) in [6.45, 7) is 9.22. The van der Waals surface area contributed by atoms with Gasteiger partial charge in [-0.2, -0.15) is 57.7 Å². The van der Waals surface area contributed by atoms with E-state index in [9.17, 15) is 36.2 Å². The van der Waals surface area contributed by atoms with Crippen LogP contribution < -0.4 is 0 Å². The molecule has 0 fully saturated rings. The monoisotopic (exact) mass is 952 g/mol. The molecule has 0 saturated carbocycles. The minimum Gasteiger partial charge on any atom is -0.508 e. The Hall–Kier alpha value is -7.78. The number of hydrogen-bond acceptors (Lipinski definition) is 16. The lowest BCUT2D eigenvalue weighted by atomic mass is 10.0. The van der Waals surface area contributed by atoms with Gasteiger partial charge in [-0.15, -0.1) is 10.2 Å². The third-order valence-electron chi connectivity index (χ3n) is 10.6. The van der Waals surface area contributed by atoms with Gasteiger partial charge in [-0.05, 0) is 183 Å². The van der Waals surface area contributed by atoms with Crippen LogP contribution in [-0.2, 0) is 26.7 Å². The summed E-state index contributed by atoms with van der Waals surface area (Å²) in [6, 6.07) is 31.4. The summed E-state index contributed by atoms with van der Waals surface area (Å²) >= 11 is 0. The average molecular weight is 953 g/mol. The topological polar surface area (TPSA) is 273 Å². The average Bonchev–Trinajstić information content (AvgIpc) is 3.29. The number of rotatable bonds is 15. The second-order valence-electron chi connectivity index (χ2n) is 15.8. The first-order valence-electron chi connectivity index (χ1n) is 20.8. The number of benzene rings is 7. The van der Waals surface area contributed by atoms with Gasteiger partial charge in [0.05, 0.1) is 51.3 Å². The van der Waals surface area contributed by atoms with Gasteiger partial charge in [0.1, 0.15) is 22.0 Å². The van der Waals surface area contributed by atoms with Crippen molar-refractivity contribution >= 4 is 87.9 Å². The van der Waals surface area contributed by atoms with E-state index in [1.54, 1.807) is 61.5 Å². The minimum atomic E-state index is -4.57. The third kappa shape index (κ3) is 12.2. The highest BCUT2D eigenvalue weighted by Crippen LogP contribution is 2.40. The Morgan fingerprint density at radius 2 is 0.897 bits per heavy atom. The molecule has 7 rings (SSSR count). The smallest absolute Gasteiger partial charge is 0.296 e. The Morgan fingerprint density at radius 1 is 0.441 bits per heavy atom. The maximum atomic E-state index is 11.9. The van der Waals surface area contributed by atoms with E-state index in [0.717, 1.165) is 27.6 Å². The molecule has 0 atom stereocenters. The van der Waals surface area contributed by atoms with Crippen LogP contribution in [0.1, 0.15) is 39.8 Å². The molecule has 0 aliphatic heterocycles. The Bertz CT molecular complexity index is 3470. The zero-order chi connectivity index (χ0) is 48.8. The van der Waals surface area contributed by atoms with E-state index < -0.39 is 30.9 Å². The van der Waals surface area contributed by atoms with Crippen LogP contribution in [0.15, 0.2) is 171 Å². The molecule has 0 aliphatic rings. The SMILES string of the molecule is Cc1cc(N=Nc2cc(C)c(N=Nc3ccccc3S(=O)(=O)O)cc2CCCS(=O)(=O)O)c(C)cc1N=Nc1cc(C)c(N=Nc2ccc3cc(N=Nc4ccc(O)cc4)ccc3c2O)cc1C. The van der Waals surface area contributed by atoms with Crippen LogP contribution in [0.25, 0.3) is 10.8 Å². The van der Waals surface area contributed by atoms with Crippen LogP contribution in [0.3, 0.4) is 0 Å². The van der Waals surface area contributed by atoms with Crippen molar-refractivity contribution < 1.29 is 36.2 Å². The molecule has 7 aromatic rings. The van der Waals surface area contributed by atoms with E-state index >= 15 is 0 Å². The van der Waals surface area contributed by atoms with Crippen LogP contribution in [0.5, 0.6) is 11.5 Å². The van der Waals surface area contributed by atoms with E-state index in [1.807, 2.05) is 58.0 Å². The molecule has 20 heteroatoms. The predicted molar refractivity (Wildman–Crippen MR) is 259 cm³/mol. The van der Waals surface area contributed by atoms with Gasteiger partial charge in [0.2, 0.25) is 0 Å². The number of hydrogen-bond donors (Lipinski definition) is 4. The Kier molecular flexibility index (Phi) is 14.4. The standard InChI is InChI=1S/C48H44N10O8S2/c1-28-22-42(29(2)21-41(28)53-52-40-19-12-33-26-36(15-18-38(33)48(40)60)50-49-35-13-16-37(59)17-14-35)54-55-43-23-31(4)44(24-30(43)3)56-58-46-25-32(5)45(27-34(46)9-8-20-67(61,62)63)57-51-39-10-6-7-11-47(39)68(64,65)66/h6-7,10-19,21-27,59-60H,8-9,20H2,1-5H3,(H,61,62,63)(H,64,65,66). The molecule has 0 aliphatic carbocycles. The van der Waals surface area contributed by atoms with Crippen molar-refractivity contribution in [2.24, 2.45) is 51.1 Å². The molecule has 0 radical (unpaired) electrons. The molecule has 18 nitrogen and oxygen atoms in total. The van der Waals surface area contributed by atoms with Crippen molar-refractivity contribution in [2.75, 3.05) is 5.75 Å². The Labute approximate surface area is 391 Å². The van der Waals surface area contributed by atoms with Gasteiger partial charge in [-0.25, -0.2) is 0 Å². The Balaban J connectivity index is 1.07. The summed E-state index contributed by atoms with van der Waals surface area (Å²) in [5, 5.41) is 65.6. The molecule has 0 amide bonds. The van der Waals surface area contributed by atoms with Crippen LogP contribution in [0, 0.1) is 34.6 Å². The number of aryl methyl sites for hydroxylation is 6. The minimum absolute atomic E-state index is 0.0282. The molecule has 0 unspecified atom stereocenters. The van der Waals surface area contributed by atoms with Crippen LogP contribution in [-0.4, -0.2) is 41.9 Å². The van der Waals surface area contributed by atoms with Gasteiger partial charge in [0.25, 0.3) is 20.2 Å². The molecule has 7 aromatic carbocycles. The van der Waals surface area contributed by atoms with Gasteiger partial charge in [0.15, 0.2) is 5.75 Å². The van der Waals surface area contributed by atoms with E-state index in [0.29, 0.717) is 62.0 Å². The van der Waals surface area contributed by atoms with Crippen LogP contribution in [0.2, 0.25) is 0 Å². The quantitative estimate of drug-likeness (QED) is 0.0565. The zero-order valence-electron chi connectivity index (χ0n) is 37.3. The normalized spacial score (nSPS) is 12.6. The Morgan fingerprint density at radius 3 is 1.44 bits per heavy atom. The number of aromatic hydroxyl groups is 2. The maximum absolute atomic E-state index is 11.9. The summed E-state index contributed by atoms with van der Waals surface area (Å²) in [5.74, 6) is -0.375. The van der Waals surface area contributed by atoms with Gasteiger partial charge in [-0.3, -0.25) is 9.11 Å². The first kappa shape index (κ1) is 48.2. The fourth-order valence-corrected chi connectivity index (χ4v) is 7.96. The van der Waals surface area contributed by atoms with E-state index in [-0.39, 0.29) is 35.7 Å². The lowest BCUT2D eigenvalue weighted by Crippen LogP contribution is -2.04. The number of fused-ring (bicyclic) bond motifs is 1. The van der Waals surface area contributed by atoms with E-state index in [4.69, 9.17) is 0 Å². The second-order valence-corrected chi connectivity index (χ2v) is 18.8. The molecule has 0 aromatic heterocycles. The first-order chi connectivity index (χ1) is 32.3. The van der Waals surface area contributed by atoms with Crippen LogP contribution in [0.4, 0.5) is 56.9 Å². The zero-order valence-corrected chi connectivity index (χ0v) is 38.9. The number of azo groups is 5. The lowest BCUT2D eigenvalue weighted by molar-refractivity contribution is 0.475. The van der Waals surface area contributed by atoms with Crippen molar-refractivity contribution in [3.05, 3.63) is 149 Å². The number of phenols is 2.